The van der Waals surface area contributed by atoms with E-state index in [0.717, 1.165) is 22.0 Å². The van der Waals surface area contributed by atoms with Crippen LogP contribution in [0.25, 0.3) is 16.5 Å². The molecule has 0 saturated heterocycles. The number of fused-ring (bicyclic) bond motifs is 1. The molecular formula is C22H21FN2O3. The van der Waals surface area contributed by atoms with Gasteiger partial charge in [-0.3, -0.25) is 4.79 Å². The van der Waals surface area contributed by atoms with Crippen molar-refractivity contribution in [1.29, 1.82) is 0 Å². The summed E-state index contributed by atoms with van der Waals surface area (Å²) in [5, 5.41) is 0.859. The third-order valence-electron chi connectivity index (χ3n) is 5.13. The predicted molar refractivity (Wildman–Crippen MR) is 106 cm³/mol. The molecule has 3 aromatic rings. The maximum absolute atomic E-state index is 13.6. The van der Waals surface area contributed by atoms with Crippen molar-refractivity contribution >= 4 is 22.4 Å². The molecule has 0 unspecified atom stereocenters. The summed E-state index contributed by atoms with van der Waals surface area (Å²) in [4.78, 5) is 18.0. The molecule has 1 aliphatic heterocycles. The molecule has 5 nitrogen and oxygen atoms in total. The van der Waals surface area contributed by atoms with Crippen LogP contribution in [0.2, 0.25) is 0 Å². The number of ether oxygens (including phenoxy) is 2. The summed E-state index contributed by atoms with van der Waals surface area (Å²) in [7, 11) is 3.08. The summed E-state index contributed by atoms with van der Waals surface area (Å²) >= 11 is 0. The first-order valence-electron chi connectivity index (χ1n) is 9.08. The van der Waals surface area contributed by atoms with Crippen LogP contribution in [0.15, 0.2) is 48.7 Å². The van der Waals surface area contributed by atoms with Crippen LogP contribution in [0.4, 0.5) is 4.39 Å². The fourth-order valence-electron chi connectivity index (χ4n) is 3.68. The molecule has 0 aliphatic carbocycles. The second kappa shape index (κ2) is 7.38. The van der Waals surface area contributed by atoms with Crippen molar-refractivity contribution in [3.05, 3.63) is 65.6 Å². The number of hydrogen-bond acceptors (Lipinski definition) is 3. The minimum Gasteiger partial charge on any atom is -0.496 e. The maximum atomic E-state index is 13.6. The van der Waals surface area contributed by atoms with E-state index < -0.39 is 0 Å². The summed E-state index contributed by atoms with van der Waals surface area (Å²) in [5.74, 6) is 0.594. The molecule has 2 heterocycles. The summed E-state index contributed by atoms with van der Waals surface area (Å²) in [6.45, 7) is 1.03. The Hall–Kier alpha value is -3.28. The summed E-state index contributed by atoms with van der Waals surface area (Å²) in [6.07, 6.45) is 4.61. The average molecular weight is 380 g/mol. The number of methoxy groups -OCH3 is 2. The second-order valence-corrected chi connectivity index (χ2v) is 6.66. The van der Waals surface area contributed by atoms with Gasteiger partial charge in [0.05, 0.1) is 14.2 Å². The van der Waals surface area contributed by atoms with Crippen LogP contribution < -0.4 is 9.47 Å². The minimum atomic E-state index is -0.259. The molecule has 1 aromatic heterocycles. The zero-order valence-corrected chi connectivity index (χ0v) is 15.8. The maximum Gasteiger partial charge on any atom is 0.261 e. The monoisotopic (exact) mass is 380 g/mol. The number of hydrogen-bond donors (Lipinski definition) is 1. The molecule has 1 N–H and O–H groups in total. The molecule has 4 rings (SSSR count). The molecule has 0 bridgehead atoms. The van der Waals surface area contributed by atoms with Crippen molar-refractivity contribution < 1.29 is 18.7 Å². The van der Waals surface area contributed by atoms with E-state index in [-0.39, 0.29) is 11.7 Å². The van der Waals surface area contributed by atoms with E-state index >= 15 is 0 Å². The fourth-order valence-corrected chi connectivity index (χ4v) is 3.68. The first kappa shape index (κ1) is 18.1. The number of aromatic nitrogens is 1. The van der Waals surface area contributed by atoms with Crippen molar-refractivity contribution in [1.82, 2.24) is 9.88 Å². The number of carbonyl (C=O) groups is 1. The van der Waals surface area contributed by atoms with Gasteiger partial charge in [-0.2, -0.15) is 0 Å². The van der Waals surface area contributed by atoms with Gasteiger partial charge in [-0.05, 0) is 42.3 Å². The molecular weight excluding hydrogens is 359 g/mol. The summed E-state index contributed by atoms with van der Waals surface area (Å²) in [5.41, 5.74) is 3.41. The molecule has 6 heteroatoms. The topological polar surface area (TPSA) is 54.6 Å². The number of halogens is 1. The Morgan fingerprint density at radius 1 is 1.14 bits per heavy atom. The molecule has 0 radical (unpaired) electrons. The van der Waals surface area contributed by atoms with Crippen LogP contribution in [0.1, 0.15) is 22.3 Å². The third-order valence-corrected chi connectivity index (χ3v) is 5.13. The highest BCUT2D eigenvalue weighted by Crippen LogP contribution is 2.33. The van der Waals surface area contributed by atoms with Gasteiger partial charge in [0.1, 0.15) is 22.9 Å². The van der Waals surface area contributed by atoms with Gasteiger partial charge in [0.25, 0.3) is 5.91 Å². The van der Waals surface area contributed by atoms with Gasteiger partial charge < -0.3 is 19.4 Å². The number of carbonyl (C=O) groups excluding carboxylic acids is 1. The lowest BCUT2D eigenvalue weighted by molar-refractivity contribution is 0.0766. The Morgan fingerprint density at radius 2 is 1.89 bits per heavy atom. The lowest BCUT2D eigenvalue weighted by Crippen LogP contribution is -2.35. The van der Waals surface area contributed by atoms with Gasteiger partial charge in [0, 0.05) is 35.8 Å². The lowest BCUT2D eigenvalue weighted by atomic mass is 9.98. The Balaban J connectivity index is 1.61. The molecule has 1 aliphatic rings. The predicted octanol–water partition coefficient (Wildman–Crippen LogP) is 4.25. The van der Waals surface area contributed by atoms with Gasteiger partial charge in [0.15, 0.2) is 0 Å². The van der Waals surface area contributed by atoms with Gasteiger partial charge in [0.2, 0.25) is 0 Å². The molecule has 0 atom stereocenters. The van der Waals surface area contributed by atoms with Gasteiger partial charge in [-0.15, -0.1) is 0 Å². The molecule has 2 aromatic carbocycles. The molecule has 1 amide bonds. The normalized spacial score (nSPS) is 14.1. The van der Waals surface area contributed by atoms with Gasteiger partial charge in [-0.1, -0.05) is 12.1 Å². The summed E-state index contributed by atoms with van der Waals surface area (Å²) in [6, 6.07) is 10.0. The number of rotatable bonds is 4. The van der Waals surface area contributed by atoms with Crippen LogP contribution in [-0.4, -0.2) is 43.1 Å². The standard InChI is InChI=1S/C22H21FN2O3/c1-27-19-4-3-5-20(28-2)21(19)22(26)25-10-8-14(9-11-25)17-13-24-18-7-6-15(23)12-16(17)18/h3-8,12-13,24H,9-11H2,1-2H3. The highest BCUT2D eigenvalue weighted by atomic mass is 19.1. The van der Waals surface area contributed by atoms with Crippen LogP contribution in [0.3, 0.4) is 0 Å². The zero-order valence-electron chi connectivity index (χ0n) is 15.8. The Bertz CT molecular complexity index is 1050. The van der Waals surface area contributed by atoms with E-state index in [4.69, 9.17) is 9.47 Å². The number of nitrogens with zero attached hydrogens (tertiary/aromatic N) is 1. The molecule has 0 fully saturated rings. The first-order valence-corrected chi connectivity index (χ1v) is 9.08. The van der Waals surface area contributed by atoms with Gasteiger partial charge in [-0.25, -0.2) is 4.39 Å². The SMILES string of the molecule is COc1cccc(OC)c1C(=O)N1CC=C(c2c[nH]c3ccc(F)cc23)CC1. The third kappa shape index (κ3) is 3.11. The Labute approximate surface area is 162 Å². The van der Waals surface area contributed by atoms with E-state index in [1.165, 1.54) is 20.3 Å². The highest BCUT2D eigenvalue weighted by Gasteiger charge is 2.26. The minimum absolute atomic E-state index is 0.130. The van der Waals surface area contributed by atoms with Crippen LogP contribution in [0.5, 0.6) is 11.5 Å². The second-order valence-electron chi connectivity index (χ2n) is 6.66. The molecule has 28 heavy (non-hydrogen) atoms. The average Bonchev–Trinajstić information content (AvgIpc) is 3.15. The van der Waals surface area contributed by atoms with E-state index in [1.54, 1.807) is 35.2 Å². The van der Waals surface area contributed by atoms with E-state index in [9.17, 15) is 9.18 Å². The number of aromatic amines is 1. The van der Waals surface area contributed by atoms with Crippen LogP contribution in [0, 0.1) is 5.82 Å². The van der Waals surface area contributed by atoms with Crippen molar-refractivity contribution in [2.75, 3.05) is 27.3 Å². The fraction of sp³-hybridized carbons (Fsp3) is 0.227. The van der Waals surface area contributed by atoms with E-state index in [0.29, 0.717) is 36.6 Å². The Morgan fingerprint density at radius 3 is 2.54 bits per heavy atom. The van der Waals surface area contributed by atoms with E-state index in [2.05, 4.69) is 4.98 Å². The van der Waals surface area contributed by atoms with Crippen molar-refractivity contribution in [3.63, 3.8) is 0 Å². The summed E-state index contributed by atoms with van der Waals surface area (Å²) < 4.78 is 24.4. The zero-order chi connectivity index (χ0) is 19.7. The highest BCUT2D eigenvalue weighted by molar-refractivity contribution is 6.00. The van der Waals surface area contributed by atoms with Gasteiger partial charge >= 0.3 is 0 Å². The smallest absolute Gasteiger partial charge is 0.261 e. The number of H-pyrrole nitrogens is 1. The van der Waals surface area contributed by atoms with Crippen molar-refractivity contribution in [3.8, 4) is 11.5 Å². The van der Waals surface area contributed by atoms with Crippen LogP contribution >= 0.6 is 0 Å². The quantitative estimate of drug-likeness (QED) is 0.736. The number of benzene rings is 2. The molecule has 144 valence electrons. The Kier molecular flexibility index (Phi) is 4.77. The first-order chi connectivity index (χ1) is 13.6. The molecule has 0 saturated carbocycles. The lowest BCUT2D eigenvalue weighted by Gasteiger charge is -2.27. The van der Waals surface area contributed by atoms with Crippen molar-refractivity contribution in [2.45, 2.75) is 6.42 Å². The number of amides is 1. The molecule has 0 spiro atoms. The largest absolute Gasteiger partial charge is 0.496 e. The van der Waals surface area contributed by atoms with Crippen molar-refractivity contribution in [2.24, 2.45) is 0 Å². The van der Waals surface area contributed by atoms with E-state index in [1.807, 2.05) is 12.3 Å². The number of nitrogens with one attached hydrogen (secondary N) is 1. The van der Waals surface area contributed by atoms with Crippen LogP contribution in [-0.2, 0) is 0 Å².